The number of hydrogen-bond acceptors (Lipinski definition) is 5. The monoisotopic (exact) mass is 406 g/mol. The number of hydrogen-bond donors (Lipinski definition) is 1. The van der Waals surface area contributed by atoms with Crippen LogP contribution in [-0.2, 0) is 16.1 Å². The van der Waals surface area contributed by atoms with Crippen LogP contribution in [0, 0.1) is 0 Å². The zero-order chi connectivity index (χ0) is 20.9. The molecule has 156 valence electrons. The highest BCUT2D eigenvalue weighted by Crippen LogP contribution is 2.34. The average Bonchev–Trinajstić information content (AvgIpc) is 3.29. The lowest BCUT2D eigenvalue weighted by atomic mass is 10.1. The molecule has 0 aliphatic carbocycles. The van der Waals surface area contributed by atoms with E-state index >= 15 is 0 Å². The minimum atomic E-state index is -0.581. The molecule has 7 heteroatoms. The second kappa shape index (κ2) is 9.00. The van der Waals surface area contributed by atoms with Gasteiger partial charge in [0.15, 0.2) is 6.10 Å². The Morgan fingerprint density at radius 1 is 1.23 bits per heavy atom. The van der Waals surface area contributed by atoms with Crippen molar-refractivity contribution in [2.24, 2.45) is 0 Å². The van der Waals surface area contributed by atoms with E-state index in [1.165, 1.54) is 0 Å². The lowest BCUT2D eigenvalue weighted by molar-refractivity contribution is -0.128. The van der Waals surface area contributed by atoms with Crippen LogP contribution in [-0.4, -0.2) is 48.1 Å². The van der Waals surface area contributed by atoms with E-state index in [2.05, 4.69) is 27.4 Å². The Bertz CT molecular complexity index is 972. The third kappa shape index (κ3) is 4.46. The van der Waals surface area contributed by atoms with E-state index < -0.39 is 6.10 Å². The molecule has 7 nitrogen and oxygen atoms in total. The number of rotatable bonds is 7. The summed E-state index contributed by atoms with van der Waals surface area (Å²) in [6, 6.07) is 17.9. The van der Waals surface area contributed by atoms with Crippen LogP contribution in [0.2, 0.25) is 0 Å². The van der Waals surface area contributed by atoms with Crippen molar-refractivity contribution < 1.29 is 14.3 Å². The Morgan fingerprint density at radius 2 is 2.03 bits per heavy atom. The largest absolute Gasteiger partial charge is 0.477 e. The van der Waals surface area contributed by atoms with Crippen molar-refractivity contribution in [2.75, 3.05) is 25.2 Å². The highest BCUT2D eigenvalue weighted by atomic mass is 16.5. The van der Waals surface area contributed by atoms with Crippen LogP contribution in [0.4, 0.5) is 5.69 Å². The van der Waals surface area contributed by atoms with Crippen molar-refractivity contribution in [3.05, 3.63) is 72.6 Å². The number of methoxy groups -OCH3 is 1. The van der Waals surface area contributed by atoms with Gasteiger partial charge in [-0.2, -0.15) is 5.10 Å². The quantitative estimate of drug-likeness (QED) is 0.654. The normalized spacial score (nSPS) is 16.5. The summed E-state index contributed by atoms with van der Waals surface area (Å²) in [7, 11) is 1.62. The van der Waals surface area contributed by atoms with Gasteiger partial charge in [0.05, 0.1) is 24.5 Å². The maximum Gasteiger partial charge on any atom is 0.263 e. The molecule has 1 amide bonds. The van der Waals surface area contributed by atoms with Crippen molar-refractivity contribution in [3.8, 4) is 11.4 Å². The number of ether oxygens (including phenoxy) is 2. The van der Waals surface area contributed by atoms with E-state index in [1.54, 1.807) is 13.3 Å². The third-order valence-corrected chi connectivity index (χ3v) is 5.04. The maximum atomic E-state index is 12.7. The van der Waals surface area contributed by atoms with Gasteiger partial charge in [-0.05, 0) is 42.8 Å². The number of para-hydroxylation sites is 2. The molecule has 0 spiro atoms. The fourth-order valence-electron chi connectivity index (χ4n) is 3.62. The van der Waals surface area contributed by atoms with Crippen LogP contribution in [0.5, 0.6) is 5.75 Å². The molecule has 0 saturated carbocycles. The molecule has 0 saturated heterocycles. The summed E-state index contributed by atoms with van der Waals surface area (Å²) in [6.45, 7) is 3.53. The maximum absolute atomic E-state index is 12.7. The molecule has 2 heterocycles. The van der Waals surface area contributed by atoms with E-state index in [0.29, 0.717) is 19.7 Å². The van der Waals surface area contributed by atoms with E-state index in [-0.39, 0.29) is 11.9 Å². The van der Waals surface area contributed by atoms with E-state index in [0.717, 1.165) is 22.7 Å². The fraction of sp³-hybridized carbons (Fsp3) is 0.304. The van der Waals surface area contributed by atoms with Gasteiger partial charge < -0.3 is 19.7 Å². The number of nitrogens with zero attached hydrogens (tertiary/aromatic N) is 3. The van der Waals surface area contributed by atoms with Gasteiger partial charge in [0, 0.05) is 32.1 Å². The molecule has 30 heavy (non-hydrogen) atoms. The highest BCUT2D eigenvalue weighted by Gasteiger charge is 2.31. The van der Waals surface area contributed by atoms with Crippen molar-refractivity contribution >= 4 is 11.6 Å². The number of carbonyl (C=O) groups is 1. The molecule has 1 aliphatic rings. The SMILES string of the molecule is COCC(C)NC(=O)C1CN(Cc2ccc(-n3cccn3)cc2)c2ccccc2O1. The fourth-order valence-corrected chi connectivity index (χ4v) is 3.62. The Hall–Kier alpha value is -3.32. The van der Waals surface area contributed by atoms with Gasteiger partial charge in [-0.15, -0.1) is 0 Å². The first-order chi connectivity index (χ1) is 14.6. The molecule has 0 radical (unpaired) electrons. The van der Waals surface area contributed by atoms with Crippen LogP contribution < -0.4 is 15.0 Å². The highest BCUT2D eigenvalue weighted by molar-refractivity contribution is 5.83. The molecular formula is C23H26N4O3. The molecule has 1 N–H and O–H groups in total. The van der Waals surface area contributed by atoms with Gasteiger partial charge in [0.2, 0.25) is 0 Å². The zero-order valence-electron chi connectivity index (χ0n) is 17.2. The van der Waals surface area contributed by atoms with Crippen LogP contribution in [0.15, 0.2) is 67.0 Å². The minimum Gasteiger partial charge on any atom is -0.477 e. The van der Waals surface area contributed by atoms with Crippen molar-refractivity contribution in [1.82, 2.24) is 15.1 Å². The molecule has 0 fully saturated rings. The predicted molar refractivity (Wildman–Crippen MR) is 115 cm³/mol. The first-order valence-corrected chi connectivity index (χ1v) is 10.0. The van der Waals surface area contributed by atoms with Gasteiger partial charge in [-0.1, -0.05) is 24.3 Å². The Kier molecular flexibility index (Phi) is 5.99. The van der Waals surface area contributed by atoms with Gasteiger partial charge in [-0.25, -0.2) is 4.68 Å². The number of fused-ring (bicyclic) bond motifs is 1. The van der Waals surface area contributed by atoms with Gasteiger partial charge in [0.25, 0.3) is 5.91 Å². The number of aromatic nitrogens is 2. The zero-order valence-corrected chi connectivity index (χ0v) is 17.2. The molecule has 3 aromatic rings. The minimum absolute atomic E-state index is 0.0773. The molecule has 2 aromatic carbocycles. The third-order valence-electron chi connectivity index (χ3n) is 5.04. The lowest BCUT2D eigenvalue weighted by Crippen LogP contribution is -2.51. The van der Waals surface area contributed by atoms with E-state index in [9.17, 15) is 4.79 Å². The summed E-state index contributed by atoms with van der Waals surface area (Å²) < 4.78 is 12.9. The molecule has 2 unspecified atom stereocenters. The summed E-state index contributed by atoms with van der Waals surface area (Å²) >= 11 is 0. The molecule has 1 aliphatic heterocycles. The van der Waals surface area contributed by atoms with Crippen LogP contribution in [0.1, 0.15) is 12.5 Å². The smallest absolute Gasteiger partial charge is 0.263 e. The van der Waals surface area contributed by atoms with Crippen LogP contribution in [0.3, 0.4) is 0 Å². The molecule has 1 aromatic heterocycles. The average molecular weight is 406 g/mol. The standard InChI is InChI=1S/C23H26N4O3/c1-17(16-29-2)25-23(28)22-15-26(20-6-3-4-7-21(20)30-22)14-18-8-10-19(11-9-18)27-13-5-12-24-27/h3-13,17,22H,14-16H2,1-2H3,(H,25,28). The second-order valence-corrected chi connectivity index (χ2v) is 7.44. The van der Waals surface area contributed by atoms with E-state index in [1.807, 2.05) is 60.3 Å². The Labute approximate surface area is 176 Å². The number of anilines is 1. The van der Waals surface area contributed by atoms with Gasteiger partial charge in [0.1, 0.15) is 5.75 Å². The Balaban J connectivity index is 1.50. The van der Waals surface area contributed by atoms with E-state index in [4.69, 9.17) is 9.47 Å². The van der Waals surface area contributed by atoms with Crippen LogP contribution in [0.25, 0.3) is 5.69 Å². The first-order valence-electron chi connectivity index (χ1n) is 10.0. The molecule has 2 atom stereocenters. The van der Waals surface area contributed by atoms with Crippen molar-refractivity contribution in [3.63, 3.8) is 0 Å². The topological polar surface area (TPSA) is 68.6 Å². The predicted octanol–water partition coefficient (Wildman–Crippen LogP) is 2.79. The first kappa shape index (κ1) is 20.0. The second-order valence-electron chi connectivity index (χ2n) is 7.44. The number of amides is 1. The van der Waals surface area contributed by atoms with Gasteiger partial charge in [-0.3, -0.25) is 4.79 Å². The molecule has 0 bridgehead atoms. The summed E-state index contributed by atoms with van der Waals surface area (Å²) in [5.41, 5.74) is 3.15. The molecular weight excluding hydrogens is 380 g/mol. The number of benzene rings is 2. The summed E-state index contributed by atoms with van der Waals surface area (Å²) in [5, 5.41) is 7.23. The molecule has 4 rings (SSSR count). The van der Waals surface area contributed by atoms with Gasteiger partial charge >= 0.3 is 0 Å². The summed E-state index contributed by atoms with van der Waals surface area (Å²) in [5.74, 6) is 0.588. The number of carbonyl (C=O) groups excluding carboxylic acids is 1. The van der Waals surface area contributed by atoms with Crippen molar-refractivity contribution in [1.29, 1.82) is 0 Å². The summed E-state index contributed by atoms with van der Waals surface area (Å²) in [6.07, 6.45) is 3.10. The Morgan fingerprint density at radius 3 is 2.77 bits per heavy atom. The van der Waals surface area contributed by atoms with Crippen molar-refractivity contribution in [2.45, 2.75) is 25.6 Å². The lowest BCUT2D eigenvalue weighted by Gasteiger charge is -2.36. The van der Waals surface area contributed by atoms with Crippen LogP contribution >= 0.6 is 0 Å². The number of nitrogens with one attached hydrogen (secondary N) is 1. The summed E-state index contributed by atoms with van der Waals surface area (Å²) in [4.78, 5) is 14.9.